The Balaban J connectivity index is 1.60. The molecule has 3 rings (SSSR count). The minimum absolute atomic E-state index is 0.925. The van der Waals surface area contributed by atoms with Crippen LogP contribution in [0.4, 0.5) is 0 Å². The Morgan fingerprint density at radius 1 is 1.06 bits per heavy atom. The van der Waals surface area contributed by atoms with Crippen molar-refractivity contribution in [3.8, 4) is 0 Å². The molecular weight excluding hydrogens is 621 g/mol. The molecule has 0 amide bonds. The third-order valence-corrected chi connectivity index (χ3v) is 16.1. The molecule has 0 bridgehead atoms. The van der Waals surface area contributed by atoms with Crippen LogP contribution in [0.3, 0.4) is 0 Å². The summed E-state index contributed by atoms with van der Waals surface area (Å²) in [7, 11) is 0. The van der Waals surface area contributed by atoms with Crippen LogP contribution in [-0.2, 0) is 0 Å². The van der Waals surface area contributed by atoms with Gasteiger partial charge in [0.15, 0.2) is 0 Å². The van der Waals surface area contributed by atoms with E-state index in [-0.39, 0.29) is 0 Å². The topological polar surface area (TPSA) is 0 Å². The molecule has 3 aliphatic rings. The van der Waals surface area contributed by atoms with Gasteiger partial charge in [-0.2, -0.15) is 0 Å². The van der Waals surface area contributed by atoms with Crippen LogP contribution >= 0.6 is 23.5 Å². The van der Waals surface area contributed by atoms with E-state index in [1.54, 1.807) is 9.54 Å². The predicted octanol–water partition coefficient (Wildman–Crippen LogP) is 1.30. The van der Waals surface area contributed by atoms with Crippen molar-refractivity contribution in [3.63, 3.8) is 0 Å². The van der Waals surface area contributed by atoms with Gasteiger partial charge >= 0.3 is 159 Å². The monoisotopic (exact) mass is 644 g/mol. The summed E-state index contributed by atoms with van der Waals surface area (Å²) < 4.78 is 5.36. The van der Waals surface area contributed by atoms with Crippen molar-refractivity contribution < 1.29 is 0 Å². The third-order valence-electron chi connectivity index (χ3n) is 3.39. The van der Waals surface area contributed by atoms with Gasteiger partial charge in [0.05, 0.1) is 0 Å². The SMILES string of the molecule is [Te]=C(CC1CS1)C1C[Se]C[Se]C1C(=[Te])CC1CS1. The minimum atomic E-state index is 0.925. The molecular formula is C12H16S2Se2Te2. The number of hydrogen-bond acceptors (Lipinski definition) is 2. The van der Waals surface area contributed by atoms with Gasteiger partial charge in [-0.25, -0.2) is 0 Å². The molecule has 18 heavy (non-hydrogen) atoms. The maximum absolute atomic E-state index is 2.40. The van der Waals surface area contributed by atoms with Crippen LogP contribution in [0.1, 0.15) is 12.8 Å². The number of hydrogen-bond donors (Lipinski definition) is 0. The number of thioether (sulfide) groups is 2. The molecule has 0 aromatic carbocycles. The van der Waals surface area contributed by atoms with Crippen molar-refractivity contribution in [1.29, 1.82) is 0 Å². The van der Waals surface area contributed by atoms with Crippen LogP contribution in [0, 0.1) is 5.92 Å². The van der Waals surface area contributed by atoms with E-state index in [4.69, 9.17) is 0 Å². The van der Waals surface area contributed by atoms with E-state index in [9.17, 15) is 0 Å². The second-order valence-electron chi connectivity index (χ2n) is 4.93. The summed E-state index contributed by atoms with van der Waals surface area (Å²) >= 11 is 11.0. The van der Waals surface area contributed by atoms with Crippen molar-refractivity contribution in [2.45, 2.75) is 37.7 Å². The molecule has 3 saturated heterocycles. The first kappa shape index (κ1) is 15.9. The summed E-state index contributed by atoms with van der Waals surface area (Å²) in [6.45, 7) is 0. The van der Waals surface area contributed by atoms with Gasteiger partial charge < -0.3 is 0 Å². The first-order valence-electron chi connectivity index (χ1n) is 6.22. The van der Waals surface area contributed by atoms with Crippen LogP contribution in [0.15, 0.2) is 0 Å². The van der Waals surface area contributed by atoms with Crippen LogP contribution in [0.2, 0.25) is 14.4 Å². The van der Waals surface area contributed by atoms with E-state index >= 15 is 0 Å². The van der Waals surface area contributed by atoms with Gasteiger partial charge in [0.2, 0.25) is 0 Å². The molecule has 100 valence electrons. The second kappa shape index (κ2) is 7.55. The van der Waals surface area contributed by atoms with Crippen molar-refractivity contribution in [2.24, 2.45) is 5.92 Å². The van der Waals surface area contributed by atoms with Crippen LogP contribution < -0.4 is 0 Å². The molecule has 0 nitrogen and oxygen atoms in total. The second-order valence-corrected chi connectivity index (χ2v) is 17.0. The summed E-state index contributed by atoms with van der Waals surface area (Å²) in [4.78, 5) is 1.02. The van der Waals surface area contributed by atoms with Gasteiger partial charge in [0, 0.05) is 0 Å². The number of rotatable bonds is 6. The van der Waals surface area contributed by atoms with E-state index in [0.29, 0.717) is 0 Å². The van der Waals surface area contributed by atoms with Gasteiger partial charge in [0.1, 0.15) is 0 Å². The first-order valence-corrected chi connectivity index (χ1v) is 15.3. The molecule has 0 saturated carbocycles. The standard InChI is InChI=1S/C12H16S2Se2Te2/c17-10(1-7-3-13-7)9-5-15-6-16-12(9)11(18)2-8-4-14-8/h7-9,12H,1-6H2. The molecule has 0 spiro atoms. The van der Waals surface area contributed by atoms with E-state index in [1.165, 1.54) is 24.3 Å². The van der Waals surface area contributed by atoms with Gasteiger partial charge in [-0.1, -0.05) is 0 Å². The fraction of sp³-hybridized carbons (Fsp3) is 0.833. The van der Waals surface area contributed by atoms with Gasteiger partial charge in [-0.3, -0.25) is 0 Å². The molecule has 3 fully saturated rings. The Hall–Kier alpha value is 3.06. The Morgan fingerprint density at radius 3 is 2.28 bits per heavy atom. The zero-order valence-corrected chi connectivity index (χ0v) is 19.7. The summed E-state index contributed by atoms with van der Waals surface area (Å²) in [5.41, 5.74) is 0. The van der Waals surface area contributed by atoms with E-state index < -0.39 is 0 Å². The summed E-state index contributed by atoms with van der Waals surface area (Å²) in [5.74, 6) is 3.88. The zero-order valence-electron chi connectivity index (χ0n) is 10.0. The Kier molecular flexibility index (Phi) is 6.69. The van der Waals surface area contributed by atoms with Crippen molar-refractivity contribution in [2.75, 3.05) is 11.5 Å². The van der Waals surface area contributed by atoms with Gasteiger partial charge in [-0.15, -0.1) is 0 Å². The Morgan fingerprint density at radius 2 is 1.67 bits per heavy atom. The van der Waals surface area contributed by atoms with Gasteiger partial charge in [0.25, 0.3) is 0 Å². The summed E-state index contributed by atoms with van der Waals surface area (Å²) in [6.07, 6.45) is 2.88. The van der Waals surface area contributed by atoms with Crippen LogP contribution in [0.5, 0.6) is 0 Å². The van der Waals surface area contributed by atoms with Crippen LogP contribution in [0.25, 0.3) is 0 Å². The molecule has 4 unspecified atom stereocenters. The fourth-order valence-corrected chi connectivity index (χ4v) is 16.5. The van der Waals surface area contributed by atoms with E-state index in [2.05, 4.69) is 67.2 Å². The van der Waals surface area contributed by atoms with Crippen LogP contribution in [-0.4, -0.2) is 103 Å². The third kappa shape index (κ3) is 4.78. The van der Waals surface area contributed by atoms with E-state index in [1.807, 2.05) is 7.10 Å². The molecule has 3 aliphatic heterocycles. The maximum atomic E-state index is 2.40. The normalized spacial score (nSPS) is 38.2. The average molecular weight is 638 g/mol. The molecule has 0 aliphatic carbocycles. The van der Waals surface area contributed by atoms with Crippen molar-refractivity contribution >= 4 is 104 Å². The molecule has 6 heteroatoms. The predicted molar refractivity (Wildman–Crippen MR) is 91.6 cm³/mol. The Labute approximate surface area is 157 Å². The molecule has 0 aromatic heterocycles. The van der Waals surface area contributed by atoms with E-state index in [0.717, 1.165) is 51.1 Å². The summed E-state index contributed by atoms with van der Waals surface area (Å²) in [5, 5.41) is 3.58. The molecule has 0 aromatic rings. The Bertz CT molecular complexity index is 322. The molecule has 0 radical (unpaired) electrons. The molecule has 0 N–H and O–H groups in total. The van der Waals surface area contributed by atoms with Gasteiger partial charge in [-0.05, 0) is 0 Å². The molecule has 3 heterocycles. The quantitative estimate of drug-likeness (QED) is 0.319. The van der Waals surface area contributed by atoms with Crippen molar-refractivity contribution in [1.82, 2.24) is 0 Å². The fourth-order valence-electron chi connectivity index (χ4n) is 2.17. The summed E-state index contributed by atoms with van der Waals surface area (Å²) in [6, 6.07) is 0. The zero-order chi connectivity index (χ0) is 12.5. The first-order chi connectivity index (χ1) is 8.74. The molecule has 4 atom stereocenters. The van der Waals surface area contributed by atoms with Crippen molar-refractivity contribution in [3.05, 3.63) is 0 Å². The average Bonchev–Trinajstić information content (AvgIpc) is 3.25.